The maximum atomic E-state index is 12.1. The Morgan fingerprint density at radius 2 is 1.53 bits per heavy atom. The number of anilines is 2. The van der Waals surface area contributed by atoms with Crippen molar-refractivity contribution >= 4 is 34.6 Å². The number of nitroso groups, excluding NO2 is 1. The molecule has 0 bridgehead atoms. The average Bonchev–Trinajstić information content (AvgIpc) is 3.03. The smallest absolute Gasteiger partial charge is 0.296 e. The average molecular weight is 626 g/mol. The lowest BCUT2D eigenvalue weighted by molar-refractivity contribution is -0.384. The normalized spacial score (nSPS) is 12.1. The highest BCUT2D eigenvalue weighted by Gasteiger charge is 2.28. The number of hydrogen-bond donors (Lipinski definition) is 5. The first kappa shape index (κ1) is 34.2. The van der Waals surface area contributed by atoms with Crippen LogP contribution in [0.1, 0.15) is 40.1 Å². The standard InChI is InChI=1S/C30H36N6O9/c1-4-43-26(15-33-22-11-8-19(29(31)37)12-23(22)35-39)27(44-5-2)16-34-28-24(36(40)41)13-20(30(32)38)14-25(28)45-17-18-6-9-21(42-3)10-7-18/h6-14,26-27,33-34H,4-5,15-17H2,1-3H3,(H2,31,37)(H2,32,38)/p+1/t26-,27-/m0/s1. The Bertz CT molecular complexity index is 1500. The molecule has 0 aliphatic heterocycles. The summed E-state index contributed by atoms with van der Waals surface area (Å²) in [6.07, 6.45) is -1.26. The van der Waals surface area contributed by atoms with Gasteiger partial charge in [0.1, 0.15) is 30.3 Å². The highest BCUT2D eigenvalue weighted by Crippen LogP contribution is 2.37. The van der Waals surface area contributed by atoms with Gasteiger partial charge in [0.25, 0.3) is 11.4 Å². The molecule has 3 rings (SSSR count). The molecule has 15 heteroatoms. The van der Waals surface area contributed by atoms with Gasteiger partial charge in [0.2, 0.25) is 11.8 Å². The lowest BCUT2D eigenvalue weighted by Gasteiger charge is -2.28. The van der Waals surface area contributed by atoms with Crippen molar-refractivity contribution in [1.29, 1.82) is 0 Å². The van der Waals surface area contributed by atoms with Crippen LogP contribution in [0.25, 0.3) is 0 Å². The van der Waals surface area contributed by atoms with Crippen molar-refractivity contribution in [1.82, 2.24) is 0 Å². The van der Waals surface area contributed by atoms with Gasteiger partial charge in [-0.2, -0.15) is 0 Å². The second-order valence-electron chi connectivity index (χ2n) is 9.60. The highest BCUT2D eigenvalue weighted by molar-refractivity contribution is 5.96. The number of hydrogen-bond acceptors (Lipinski definition) is 11. The van der Waals surface area contributed by atoms with Crippen LogP contribution in [0.4, 0.5) is 22.7 Å². The molecular formula is C30H37N6O9+. The van der Waals surface area contributed by atoms with Crippen LogP contribution in [0.15, 0.2) is 54.6 Å². The van der Waals surface area contributed by atoms with Gasteiger partial charge in [-0.3, -0.25) is 19.7 Å². The minimum absolute atomic E-state index is 0.0197. The molecule has 0 aromatic heterocycles. The van der Waals surface area contributed by atoms with E-state index >= 15 is 0 Å². The van der Waals surface area contributed by atoms with Gasteiger partial charge in [-0.15, -0.1) is 0 Å². The van der Waals surface area contributed by atoms with E-state index in [1.807, 2.05) is 0 Å². The molecule has 0 saturated carbocycles. The van der Waals surface area contributed by atoms with Crippen LogP contribution >= 0.6 is 0 Å². The van der Waals surface area contributed by atoms with Crippen LogP contribution in [-0.2, 0) is 16.1 Å². The van der Waals surface area contributed by atoms with E-state index in [0.29, 0.717) is 24.7 Å². The SMILES string of the molecule is CCO[C@@H](CNc1ccc(C(N)=O)cc1[NH+]=O)[C@H](CNc1c(OCc2ccc(OC)cc2)cc(C(N)=O)cc1[N+](=O)[O-])OCC. The van der Waals surface area contributed by atoms with Crippen LogP contribution < -0.4 is 36.8 Å². The fourth-order valence-electron chi connectivity index (χ4n) is 4.43. The topological polar surface area (TPSA) is 221 Å². The molecule has 45 heavy (non-hydrogen) atoms. The van der Waals surface area contributed by atoms with Crippen LogP contribution in [0.5, 0.6) is 11.5 Å². The second kappa shape index (κ2) is 16.5. The first-order valence-electron chi connectivity index (χ1n) is 14.0. The summed E-state index contributed by atoms with van der Waals surface area (Å²) in [4.78, 5) is 46.5. The van der Waals surface area contributed by atoms with E-state index in [-0.39, 0.29) is 47.9 Å². The third-order valence-electron chi connectivity index (χ3n) is 6.68. The van der Waals surface area contributed by atoms with Crippen molar-refractivity contribution in [2.24, 2.45) is 11.5 Å². The third-order valence-corrected chi connectivity index (χ3v) is 6.68. The molecule has 3 aromatic carbocycles. The summed E-state index contributed by atoms with van der Waals surface area (Å²) in [5.41, 5.74) is 11.7. The Kier molecular flexibility index (Phi) is 12.6. The number of benzene rings is 3. The molecule has 0 fully saturated rings. The molecular weight excluding hydrogens is 588 g/mol. The number of nitrogens with one attached hydrogen (secondary N) is 3. The van der Waals surface area contributed by atoms with E-state index in [1.54, 1.807) is 50.4 Å². The van der Waals surface area contributed by atoms with Crippen LogP contribution in [0, 0.1) is 15.0 Å². The van der Waals surface area contributed by atoms with E-state index in [9.17, 15) is 24.6 Å². The van der Waals surface area contributed by atoms with Crippen LogP contribution in [0.2, 0.25) is 0 Å². The second-order valence-corrected chi connectivity index (χ2v) is 9.60. The molecule has 7 N–H and O–H groups in total. The Balaban J connectivity index is 1.88. The summed E-state index contributed by atoms with van der Waals surface area (Å²) in [6, 6.07) is 13.8. The Hall–Kier alpha value is -5.28. The van der Waals surface area contributed by atoms with E-state index in [0.717, 1.165) is 11.6 Å². The number of nitro groups is 1. The Morgan fingerprint density at radius 1 is 0.911 bits per heavy atom. The van der Waals surface area contributed by atoms with Crippen molar-refractivity contribution in [2.75, 3.05) is 44.0 Å². The maximum absolute atomic E-state index is 12.1. The summed E-state index contributed by atoms with van der Waals surface area (Å²) in [5.74, 6) is -0.853. The number of methoxy groups -OCH3 is 1. The molecule has 2 amide bonds. The van der Waals surface area contributed by atoms with Gasteiger partial charge in [0.05, 0.1) is 12.0 Å². The number of ether oxygens (including phenoxy) is 4. The summed E-state index contributed by atoms with van der Waals surface area (Å²) in [6.45, 7) is 4.42. The summed E-state index contributed by atoms with van der Waals surface area (Å²) in [5, 5.41) is 20.1. The van der Waals surface area contributed by atoms with E-state index in [4.69, 9.17) is 30.4 Å². The maximum Gasteiger partial charge on any atom is 0.296 e. The van der Waals surface area contributed by atoms with E-state index in [1.165, 1.54) is 24.3 Å². The van der Waals surface area contributed by atoms with Gasteiger partial charge in [-0.1, -0.05) is 12.1 Å². The summed E-state index contributed by atoms with van der Waals surface area (Å²) < 4.78 is 23.1. The Morgan fingerprint density at radius 3 is 2.07 bits per heavy atom. The summed E-state index contributed by atoms with van der Waals surface area (Å²) >= 11 is 0. The zero-order chi connectivity index (χ0) is 32.9. The van der Waals surface area contributed by atoms with Gasteiger partial charge in [-0.05, 0) is 49.7 Å². The largest absolute Gasteiger partial charge is 0.497 e. The van der Waals surface area contributed by atoms with Gasteiger partial charge in [-0.25, -0.2) is 0 Å². The zero-order valence-electron chi connectivity index (χ0n) is 25.2. The van der Waals surface area contributed by atoms with Gasteiger partial charge in [0.15, 0.2) is 11.4 Å². The first-order valence-corrected chi connectivity index (χ1v) is 14.0. The fraction of sp³-hybridized carbons (Fsp3) is 0.333. The third kappa shape index (κ3) is 9.35. The van der Waals surface area contributed by atoms with Crippen molar-refractivity contribution < 1.29 is 38.6 Å². The Labute approximate surface area is 259 Å². The van der Waals surface area contributed by atoms with E-state index < -0.39 is 34.6 Å². The number of primary amides is 2. The van der Waals surface area contributed by atoms with Gasteiger partial charge < -0.3 is 41.0 Å². The highest BCUT2D eigenvalue weighted by atomic mass is 16.6. The van der Waals surface area contributed by atoms with Crippen molar-refractivity contribution in [3.05, 3.63) is 86.3 Å². The van der Waals surface area contributed by atoms with Crippen molar-refractivity contribution in [3.8, 4) is 11.5 Å². The molecule has 3 aromatic rings. The number of nitro benzene ring substituents is 1. The molecule has 0 unspecified atom stereocenters. The number of nitrogens with zero attached hydrogens (tertiary/aromatic N) is 1. The minimum Gasteiger partial charge on any atom is -0.497 e. The fourth-order valence-corrected chi connectivity index (χ4v) is 4.43. The minimum atomic E-state index is -0.857. The lowest BCUT2D eigenvalue weighted by atomic mass is 10.1. The monoisotopic (exact) mass is 625 g/mol. The lowest BCUT2D eigenvalue weighted by Crippen LogP contribution is -2.56. The molecule has 0 spiro atoms. The molecule has 15 nitrogen and oxygen atoms in total. The number of carbonyl (C=O) groups excluding carboxylic acids is 2. The number of carbonyl (C=O) groups is 2. The molecule has 2 atom stereocenters. The molecule has 240 valence electrons. The van der Waals surface area contributed by atoms with Crippen LogP contribution in [0.3, 0.4) is 0 Å². The number of amides is 2. The number of rotatable bonds is 19. The molecule has 0 saturated heterocycles. The van der Waals surface area contributed by atoms with Crippen molar-refractivity contribution in [3.63, 3.8) is 0 Å². The predicted octanol–water partition coefficient (Wildman–Crippen LogP) is 2.19. The molecule has 0 heterocycles. The molecule has 0 radical (unpaired) electrons. The quantitative estimate of drug-likeness (QED) is 0.0959. The molecule has 0 aliphatic rings. The predicted molar refractivity (Wildman–Crippen MR) is 166 cm³/mol. The zero-order valence-corrected chi connectivity index (χ0v) is 25.2. The van der Waals surface area contributed by atoms with Crippen molar-refractivity contribution in [2.45, 2.75) is 32.7 Å². The van der Waals surface area contributed by atoms with E-state index in [2.05, 4.69) is 10.6 Å². The number of nitrogens with two attached hydrogens (primary N) is 2. The molecule has 0 aliphatic carbocycles. The van der Waals surface area contributed by atoms with Gasteiger partial charge >= 0.3 is 0 Å². The van der Waals surface area contributed by atoms with Gasteiger partial charge in [0, 0.05) is 59.6 Å². The first-order chi connectivity index (χ1) is 21.6. The summed E-state index contributed by atoms with van der Waals surface area (Å²) in [7, 11) is 1.54. The van der Waals surface area contributed by atoms with Crippen LogP contribution in [-0.4, -0.2) is 62.4 Å².